The van der Waals surface area contributed by atoms with Crippen LogP contribution in [0.1, 0.15) is 0 Å². The summed E-state index contributed by atoms with van der Waals surface area (Å²) < 4.78 is 11.1. The molecule has 0 radical (unpaired) electrons. The van der Waals surface area contributed by atoms with Crippen LogP contribution in [0.15, 0.2) is 30.3 Å². The Balaban J connectivity index is 2.67. The van der Waals surface area contributed by atoms with Gasteiger partial charge in [0.15, 0.2) is 5.91 Å². The first-order valence-corrected chi connectivity index (χ1v) is 8.36. The fraction of sp³-hybridized carbons (Fsp3) is 0.455. The minimum Gasteiger partial charge on any atom is -0.469 e. The average Bonchev–Trinajstić information content (AvgIpc) is 2.14. The van der Waals surface area contributed by atoms with Crippen LogP contribution in [-0.2, 0) is 4.74 Å². The lowest BCUT2D eigenvalue weighted by atomic mass is 10.3. The second-order valence-electron chi connectivity index (χ2n) is 4.36. The molecule has 0 amide bonds. The Morgan fingerprint density at radius 3 is 2.07 bits per heavy atom. The molecule has 0 aliphatic rings. The molecule has 0 N–H and O–H groups in total. The Kier molecular flexibility index (Phi) is 3.72. The highest BCUT2D eigenvalue weighted by Crippen LogP contribution is 2.17. The predicted octanol–water partition coefficient (Wildman–Crippen LogP) is 2.92. The van der Waals surface area contributed by atoms with Crippen molar-refractivity contribution in [2.24, 2.45) is 0 Å². The van der Waals surface area contributed by atoms with E-state index in [0.717, 1.165) is 5.75 Å². The van der Waals surface area contributed by atoms with Gasteiger partial charge in [0, 0.05) is 7.11 Å². The topological polar surface area (TPSA) is 18.5 Å². The van der Waals surface area contributed by atoms with E-state index in [-0.39, 0.29) is 5.91 Å². The van der Waals surface area contributed by atoms with Gasteiger partial charge in [0.2, 0.25) is 0 Å². The third-order valence-electron chi connectivity index (χ3n) is 1.91. The fourth-order valence-electron chi connectivity index (χ4n) is 1.20. The van der Waals surface area contributed by atoms with Crippen LogP contribution in [-0.4, -0.2) is 21.1 Å². The maximum atomic E-state index is 5.77. The van der Waals surface area contributed by atoms with E-state index >= 15 is 0 Å². The summed E-state index contributed by atoms with van der Waals surface area (Å²) in [5.41, 5.74) is 0. The van der Waals surface area contributed by atoms with Crippen LogP contribution >= 0.6 is 0 Å². The molecule has 0 aromatic heterocycles. The molecule has 0 aliphatic heterocycles. The molecular weight excluding hydrogens is 192 g/mol. The SMILES string of the molecule is CO[C@@H](Oc1ccccc1)[Si](C)(C)C. The maximum absolute atomic E-state index is 5.77. The van der Waals surface area contributed by atoms with E-state index in [1.807, 2.05) is 30.3 Å². The second-order valence-corrected chi connectivity index (χ2v) is 9.57. The lowest BCUT2D eigenvalue weighted by molar-refractivity contribution is 0.00224. The van der Waals surface area contributed by atoms with Crippen molar-refractivity contribution in [1.82, 2.24) is 0 Å². The maximum Gasteiger partial charge on any atom is 0.179 e. The van der Waals surface area contributed by atoms with E-state index in [0.29, 0.717) is 0 Å². The van der Waals surface area contributed by atoms with Crippen molar-refractivity contribution in [2.75, 3.05) is 7.11 Å². The Hall–Kier alpha value is -0.803. The number of hydrogen-bond acceptors (Lipinski definition) is 2. The highest BCUT2D eigenvalue weighted by Gasteiger charge is 2.28. The van der Waals surface area contributed by atoms with Gasteiger partial charge in [-0.05, 0) is 12.1 Å². The molecule has 0 unspecified atom stereocenters. The molecule has 0 saturated carbocycles. The molecule has 78 valence electrons. The Morgan fingerprint density at radius 2 is 1.64 bits per heavy atom. The van der Waals surface area contributed by atoms with E-state index in [2.05, 4.69) is 19.6 Å². The molecule has 1 aromatic carbocycles. The van der Waals surface area contributed by atoms with Gasteiger partial charge in [0.25, 0.3) is 0 Å². The molecule has 1 atom stereocenters. The van der Waals surface area contributed by atoms with Crippen LogP contribution in [0.3, 0.4) is 0 Å². The van der Waals surface area contributed by atoms with Gasteiger partial charge in [-0.3, -0.25) is 0 Å². The monoisotopic (exact) mass is 210 g/mol. The standard InChI is InChI=1S/C11H18O2Si/c1-12-11(14(2,3)4)13-10-8-6-5-7-9-10/h5-9,11H,1-4H3/t11-/m0/s1. The van der Waals surface area contributed by atoms with Crippen molar-refractivity contribution in [3.8, 4) is 5.75 Å². The van der Waals surface area contributed by atoms with Gasteiger partial charge in [-0.15, -0.1) is 0 Å². The molecular formula is C11H18O2Si. The van der Waals surface area contributed by atoms with Gasteiger partial charge in [0.05, 0.1) is 0 Å². The minimum atomic E-state index is -1.41. The Bertz CT molecular complexity index is 266. The molecule has 14 heavy (non-hydrogen) atoms. The van der Waals surface area contributed by atoms with Crippen molar-refractivity contribution < 1.29 is 9.47 Å². The number of rotatable bonds is 4. The third kappa shape index (κ3) is 3.16. The summed E-state index contributed by atoms with van der Waals surface area (Å²) >= 11 is 0. The molecule has 1 aromatic rings. The summed E-state index contributed by atoms with van der Waals surface area (Å²) in [6.07, 6.45) is 0. The summed E-state index contributed by atoms with van der Waals surface area (Å²) in [4.78, 5) is 0. The van der Waals surface area contributed by atoms with Gasteiger partial charge in [-0.1, -0.05) is 37.8 Å². The van der Waals surface area contributed by atoms with E-state index in [1.165, 1.54) is 0 Å². The summed E-state index contributed by atoms with van der Waals surface area (Å²) in [6.45, 7) is 6.68. The molecule has 0 saturated heterocycles. The van der Waals surface area contributed by atoms with Crippen molar-refractivity contribution in [1.29, 1.82) is 0 Å². The highest BCUT2D eigenvalue weighted by atomic mass is 28.3. The Labute approximate surface area is 86.9 Å². The number of methoxy groups -OCH3 is 1. The van der Waals surface area contributed by atoms with Crippen molar-refractivity contribution in [3.63, 3.8) is 0 Å². The van der Waals surface area contributed by atoms with E-state index in [4.69, 9.17) is 9.47 Å². The summed E-state index contributed by atoms with van der Waals surface area (Å²) in [5, 5.41) is 0. The second kappa shape index (κ2) is 4.62. The Morgan fingerprint density at radius 1 is 1.07 bits per heavy atom. The summed E-state index contributed by atoms with van der Waals surface area (Å²) in [5.74, 6) is 0.798. The summed E-state index contributed by atoms with van der Waals surface area (Å²) in [6, 6.07) is 9.81. The molecule has 1 rings (SSSR count). The van der Waals surface area contributed by atoms with Crippen LogP contribution in [0.4, 0.5) is 0 Å². The zero-order valence-electron chi connectivity index (χ0n) is 9.28. The molecule has 0 spiro atoms. The smallest absolute Gasteiger partial charge is 0.179 e. The van der Waals surface area contributed by atoms with Crippen LogP contribution in [0.25, 0.3) is 0 Å². The first kappa shape index (κ1) is 11.3. The lowest BCUT2D eigenvalue weighted by Crippen LogP contribution is -2.43. The van der Waals surface area contributed by atoms with Gasteiger partial charge >= 0.3 is 0 Å². The number of benzene rings is 1. The van der Waals surface area contributed by atoms with Gasteiger partial charge < -0.3 is 9.47 Å². The molecule has 0 bridgehead atoms. The van der Waals surface area contributed by atoms with Crippen LogP contribution < -0.4 is 4.74 Å². The van der Waals surface area contributed by atoms with E-state index < -0.39 is 8.07 Å². The minimum absolute atomic E-state index is 0.0788. The largest absolute Gasteiger partial charge is 0.469 e. The predicted molar refractivity (Wildman–Crippen MR) is 61.2 cm³/mol. The molecule has 3 heteroatoms. The highest BCUT2D eigenvalue weighted by molar-refractivity contribution is 6.77. The van der Waals surface area contributed by atoms with Crippen molar-refractivity contribution >= 4 is 8.07 Å². The van der Waals surface area contributed by atoms with Gasteiger partial charge in [-0.25, -0.2) is 0 Å². The zero-order chi connectivity index (χ0) is 10.6. The van der Waals surface area contributed by atoms with Crippen molar-refractivity contribution in [3.05, 3.63) is 30.3 Å². The van der Waals surface area contributed by atoms with E-state index in [1.54, 1.807) is 7.11 Å². The molecule has 0 aliphatic carbocycles. The molecule has 0 heterocycles. The quantitative estimate of drug-likeness (QED) is 0.562. The number of para-hydroxylation sites is 1. The van der Waals surface area contributed by atoms with Gasteiger partial charge in [0.1, 0.15) is 13.8 Å². The normalized spacial score (nSPS) is 13.7. The summed E-state index contributed by atoms with van der Waals surface area (Å²) in [7, 11) is 0.286. The van der Waals surface area contributed by atoms with Gasteiger partial charge in [-0.2, -0.15) is 0 Å². The van der Waals surface area contributed by atoms with E-state index in [9.17, 15) is 0 Å². The fourth-order valence-corrected chi connectivity index (χ4v) is 2.40. The first-order valence-electron chi connectivity index (χ1n) is 4.78. The van der Waals surface area contributed by atoms with Crippen LogP contribution in [0.2, 0.25) is 19.6 Å². The number of hydrogen-bond donors (Lipinski definition) is 0. The first-order chi connectivity index (χ1) is 6.54. The average molecular weight is 210 g/mol. The molecule has 2 nitrogen and oxygen atoms in total. The molecule has 0 fully saturated rings. The zero-order valence-corrected chi connectivity index (χ0v) is 10.3. The van der Waals surface area contributed by atoms with Crippen molar-refractivity contribution in [2.45, 2.75) is 25.6 Å². The lowest BCUT2D eigenvalue weighted by Gasteiger charge is -2.27. The number of ether oxygens (including phenoxy) is 2. The van der Waals surface area contributed by atoms with Crippen LogP contribution in [0.5, 0.6) is 5.75 Å². The third-order valence-corrected chi connectivity index (χ3v) is 3.68. The van der Waals surface area contributed by atoms with Crippen LogP contribution in [0, 0.1) is 0 Å².